The van der Waals surface area contributed by atoms with Gasteiger partial charge in [-0.1, -0.05) is 28.1 Å². The summed E-state index contributed by atoms with van der Waals surface area (Å²) in [4.78, 5) is 0. The number of rotatable bonds is 0. The molecule has 1 aromatic rings. The molecule has 0 heterocycles. The second-order valence-electron chi connectivity index (χ2n) is 3.63. The second-order valence-corrected chi connectivity index (χ2v) is 4.49. The minimum absolute atomic E-state index is 1.17. The number of allylic oxidation sites excluding steroid dienone is 1. The van der Waals surface area contributed by atoms with Gasteiger partial charge in [-0.3, -0.25) is 0 Å². The first-order valence-corrected chi connectivity index (χ1v) is 5.44. The smallest absolute Gasteiger partial charge is 0.0216 e. The van der Waals surface area contributed by atoms with E-state index in [1.165, 1.54) is 39.6 Å². The van der Waals surface area contributed by atoms with Gasteiger partial charge in [-0.2, -0.15) is 0 Å². The van der Waals surface area contributed by atoms with Crippen LogP contribution in [0.2, 0.25) is 0 Å². The van der Waals surface area contributed by atoms with Crippen LogP contribution < -0.4 is 0 Å². The molecule has 0 unspecified atom stereocenters. The van der Waals surface area contributed by atoms with Crippen LogP contribution >= 0.6 is 15.9 Å². The van der Waals surface area contributed by atoms with Crippen molar-refractivity contribution >= 4 is 22.0 Å². The maximum atomic E-state index is 3.63. The van der Waals surface area contributed by atoms with E-state index in [2.05, 4.69) is 48.0 Å². The Bertz CT molecular complexity index is 375. The molecule has 13 heavy (non-hydrogen) atoms. The predicted molar refractivity (Wildman–Crippen MR) is 61.0 cm³/mol. The number of aryl methyl sites for hydroxylation is 1. The Kier molecular flexibility index (Phi) is 2.29. The number of benzene rings is 1. The normalized spacial score (nSPS) is 14.4. The summed E-state index contributed by atoms with van der Waals surface area (Å²) >= 11 is 3.63. The molecule has 0 fully saturated rings. The van der Waals surface area contributed by atoms with Gasteiger partial charge in [0, 0.05) is 4.47 Å². The maximum absolute atomic E-state index is 3.63. The minimum Gasteiger partial charge on any atom is -0.0836 e. The Morgan fingerprint density at radius 3 is 2.85 bits per heavy atom. The summed E-state index contributed by atoms with van der Waals surface area (Å²) < 4.78 is 1.27. The Balaban J connectivity index is 2.72. The molecular formula is C12H13Br. The van der Waals surface area contributed by atoms with Gasteiger partial charge in [0.15, 0.2) is 0 Å². The number of fused-ring (bicyclic) bond motifs is 1. The lowest BCUT2D eigenvalue weighted by Gasteiger charge is -2.16. The summed E-state index contributed by atoms with van der Waals surface area (Å²) in [7, 11) is 0. The van der Waals surface area contributed by atoms with Crippen LogP contribution in [0.4, 0.5) is 0 Å². The van der Waals surface area contributed by atoms with Gasteiger partial charge in [0.25, 0.3) is 0 Å². The third kappa shape index (κ3) is 1.46. The van der Waals surface area contributed by atoms with Crippen LogP contribution in [0.25, 0.3) is 6.08 Å². The molecule has 1 aliphatic carbocycles. The average molecular weight is 237 g/mol. The molecule has 0 radical (unpaired) electrons. The summed E-state index contributed by atoms with van der Waals surface area (Å²) in [6.07, 6.45) is 6.87. The molecular weight excluding hydrogens is 224 g/mol. The van der Waals surface area contributed by atoms with Gasteiger partial charge in [0.1, 0.15) is 0 Å². The monoisotopic (exact) mass is 236 g/mol. The van der Waals surface area contributed by atoms with Gasteiger partial charge in [-0.15, -0.1) is 0 Å². The summed E-state index contributed by atoms with van der Waals surface area (Å²) in [5.41, 5.74) is 5.70. The first-order chi connectivity index (χ1) is 6.20. The van der Waals surface area contributed by atoms with Crippen molar-refractivity contribution in [3.8, 4) is 0 Å². The molecule has 0 spiro atoms. The Morgan fingerprint density at radius 2 is 2.08 bits per heavy atom. The van der Waals surface area contributed by atoms with E-state index >= 15 is 0 Å². The zero-order valence-corrected chi connectivity index (χ0v) is 9.61. The topological polar surface area (TPSA) is 0 Å². The van der Waals surface area contributed by atoms with Gasteiger partial charge >= 0.3 is 0 Å². The molecule has 0 aromatic heterocycles. The van der Waals surface area contributed by atoms with Gasteiger partial charge < -0.3 is 0 Å². The van der Waals surface area contributed by atoms with Crippen LogP contribution in [-0.2, 0) is 6.42 Å². The third-order valence-electron chi connectivity index (χ3n) is 2.80. The molecule has 0 bridgehead atoms. The van der Waals surface area contributed by atoms with Crippen molar-refractivity contribution in [3.63, 3.8) is 0 Å². The highest BCUT2D eigenvalue weighted by Crippen LogP contribution is 2.31. The van der Waals surface area contributed by atoms with Crippen LogP contribution in [-0.4, -0.2) is 0 Å². The van der Waals surface area contributed by atoms with E-state index in [0.29, 0.717) is 0 Å². The molecule has 68 valence electrons. The van der Waals surface area contributed by atoms with E-state index in [4.69, 9.17) is 0 Å². The average Bonchev–Trinajstić information content (AvgIpc) is 2.15. The van der Waals surface area contributed by atoms with Gasteiger partial charge in [0.05, 0.1) is 0 Å². The second kappa shape index (κ2) is 3.30. The molecule has 0 amide bonds. The van der Waals surface area contributed by atoms with E-state index < -0.39 is 0 Å². The summed E-state index contributed by atoms with van der Waals surface area (Å²) in [5.74, 6) is 0. The SMILES string of the molecule is Cc1cc(Br)c2c(c1C)C=CCC2. The highest BCUT2D eigenvalue weighted by molar-refractivity contribution is 9.10. The summed E-state index contributed by atoms with van der Waals surface area (Å²) in [5, 5.41) is 0. The van der Waals surface area contributed by atoms with Crippen molar-refractivity contribution in [2.75, 3.05) is 0 Å². The molecule has 1 heteroatoms. The first kappa shape index (κ1) is 9.01. The molecule has 0 saturated carbocycles. The number of hydrogen-bond donors (Lipinski definition) is 0. The summed E-state index contributed by atoms with van der Waals surface area (Å²) in [6.45, 7) is 4.37. The largest absolute Gasteiger partial charge is 0.0836 e. The highest BCUT2D eigenvalue weighted by Gasteiger charge is 2.12. The molecule has 1 aliphatic rings. The minimum atomic E-state index is 1.17. The fourth-order valence-corrected chi connectivity index (χ4v) is 2.62. The van der Waals surface area contributed by atoms with Crippen LogP contribution in [0.3, 0.4) is 0 Å². The van der Waals surface area contributed by atoms with E-state index in [0.717, 1.165) is 0 Å². The lowest BCUT2D eigenvalue weighted by atomic mass is 9.91. The van der Waals surface area contributed by atoms with Crippen LogP contribution in [0.1, 0.15) is 28.7 Å². The van der Waals surface area contributed by atoms with Crippen molar-refractivity contribution in [1.82, 2.24) is 0 Å². The maximum Gasteiger partial charge on any atom is 0.0216 e. The van der Waals surface area contributed by atoms with Crippen molar-refractivity contribution in [1.29, 1.82) is 0 Å². The van der Waals surface area contributed by atoms with Gasteiger partial charge in [-0.05, 0) is 55.0 Å². The third-order valence-corrected chi connectivity index (χ3v) is 3.51. The standard InChI is InChI=1S/C12H13Br/c1-8-7-12(13)11-6-4-3-5-10(11)9(8)2/h3,5,7H,4,6H2,1-2H3. The van der Waals surface area contributed by atoms with E-state index in [-0.39, 0.29) is 0 Å². The van der Waals surface area contributed by atoms with Crippen LogP contribution in [0.15, 0.2) is 16.6 Å². The highest BCUT2D eigenvalue weighted by atomic mass is 79.9. The van der Waals surface area contributed by atoms with Crippen molar-refractivity contribution in [3.05, 3.63) is 38.9 Å². The number of hydrogen-bond acceptors (Lipinski definition) is 0. The predicted octanol–water partition coefficient (Wildman–Crippen LogP) is 4.03. The molecule has 0 nitrogen and oxygen atoms in total. The van der Waals surface area contributed by atoms with Crippen LogP contribution in [0.5, 0.6) is 0 Å². The van der Waals surface area contributed by atoms with E-state index in [9.17, 15) is 0 Å². The lowest BCUT2D eigenvalue weighted by molar-refractivity contribution is 0.970. The summed E-state index contributed by atoms with van der Waals surface area (Å²) in [6, 6.07) is 2.23. The zero-order valence-electron chi connectivity index (χ0n) is 8.02. The molecule has 0 atom stereocenters. The fourth-order valence-electron chi connectivity index (χ4n) is 1.86. The first-order valence-electron chi connectivity index (χ1n) is 4.65. The van der Waals surface area contributed by atoms with Crippen molar-refractivity contribution in [2.45, 2.75) is 26.7 Å². The molecule has 0 aliphatic heterocycles. The van der Waals surface area contributed by atoms with Gasteiger partial charge in [-0.25, -0.2) is 0 Å². The Labute approximate surface area is 87.8 Å². The zero-order chi connectivity index (χ0) is 9.42. The number of halogens is 1. The van der Waals surface area contributed by atoms with Crippen molar-refractivity contribution < 1.29 is 0 Å². The fraction of sp³-hybridized carbons (Fsp3) is 0.333. The van der Waals surface area contributed by atoms with E-state index in [1.54, 1.807) is 0 Å². The molecule has 2 rings (SSSR count). The molecule has 0 saturated heterocycles. The quantitative estimate of drug-likeness (QED) is 0.639. The van der Waals surface area contributed by atoms with E-state index in [1.807, 2.05) is 0 Å². The van der Waals surface area contributed by atoms with Crippen LogP contribution in [0, 0.1) is 13.8 Å². The Morgan fingerprint density at radius 1 is 1.31 bits per heavy atom. The van der Waals surface area contributed by atoms with Crippen molar-refractivity contribution in [2.24, 2.45) is 0 Å². The Hall–Kier alpha value is -0.560. The molecule has 0 N–H and O–H groups in total. The molecule has 1 aromatic carbocycles. The lowest BCUT2D eigenvalue weighted by Crippen LogP contribution is -1.99. The van der Waals surface area contributed by atoms with Gasteiger partial charge in [0.2, 0.25) is 0 Å².